The quantitative estimate of drug-likeness (QED) is 0.734. The molecule has 0 unspecified atom stereocenters. The first-order valence-corrected chi connectivity index (χ1v) is 8.19. The van der Waals surface area contributed by atoms with E-state index in [0.29, 0.717) is 0 Å². The second kappa shape index (κ2) is 6.08. The molecule has 0 aromatic carbocycles. The van der Waals surface area contributed by atoms with Crippen molar-refractivity contribution in [2.24, 2.45) is 7.05 Å². The van der Waals surface area contributed by atoms with Crippen molar-refractivity contribution in [3.8, 4) is 11.3 Å². The van der Waals surface area contributed by atoms with Gasteiger partial charge in [0, 0.05) is 25.4 Å². The zero-order valence-electron chi connectivity index (χ0n) is 13.4. The minimum atomic E-state index is 0.868. The van der Waals surface area contributed by atoms with Crippen molar-refractivity contribution < 1.29 is 0 Å². The Hall–Kier alpha value is -2.28. The molecule has 23 heavy (non-hydrogen) atoms. The Kier molecular flexibility index (Phi) is 3.78. The Bertz CT molecular complexity index is 798. The molecule has 0 bridgehead atoms. The van der Waals surface area contributed by atoms with E-state index in [1.54, 1.807) is 11.0 Å². The first kappa shape index (κ1) is 14.3. The first-order chi connectivity index (χ1) is 11.3. The molecule has 1 fully saturated rings. The third kappa shape index (κ3) is 2.84. The molecule has 1 saturated heterocycles. The number of piperidine rings is 1. The molecule has 3 aromatic heterocycles. The number of hydrogen-bond acceptors (Lipinski definition) is 5. The summed E-state index contributed by atoms with van der Waals surface area (Å²) in [5, 5.41) is 9.74. The number of fused-ring (bicyclic) bond motifs is 1. The summed E-state index contributed by atoms with van der Waals surface area (Å²) in [6.45, 7) is 4.31. The molecule has 4 heterocycles. The summed E-state index contributed by atoms with van der Waals surface area (Å²) in [7, 11) is 1.91. The Morgan fingerprint density at radius 3 is 2.65 bits per heavy atom. The molecule has 0 N–H and O–H groups in total. The van der Waals surface area contributed by atoms with Crippen molar-refractivity contribution in [3.63, 3.8) is 0 Å². The summed E-state index contributed by atoms with van der Waals surface area (Å²) >= 11 is 0. The van der Waals surface area contributed by atoms with Gasteiger partial charge in [0.25, 0.3) is 0 Å². The number of nitrogens with zero attached hydrogens (tertiary/aromatic N) is 7. The topological polar surface area (TPSA) is 64.7 Å². The Morgan fingerprint density at radius 1 is 1.00 bits per heavy atom. The average Bonchev–Trinajstić information content (AvgIpc) is 3.20. The number of aryl methyl sites for hydroxylation is 1. The van der Waals surface area contributed by atoms with Gasteiger partial charge in [0.05, 0.1) is 30.0 Å². The number of hydrogen-bond donors (Lipinski definition) is 0. The van der Waals surface area contributed by atoms with Crippen molar-refractivity contribution in [1.82, 2.24) is 34.4 Å². The maximum atomic E-state index is 4.53. The highest BCUT2D eigenvalue weighted by molar-refractivity contribution is 5.89. The van der Waals surface area contributed by atoms with Gasteiger partial charge in [0.15, 0.2) is 5.65 Å². The number of aromatic nitrogens is 6. The van der Waals surface area contributed by atoms with Crippen LogP contribution in [0.1, 0.15) is 19.3 Å². The van der Waals surface area contributed by atoms with Crippen LogP contribution in [-0.4, -0.2) is 54.1 Å². The van der Waals surface area contributed by atoms with E-state index in [1.807, 2.05) is 30.3 Å². The van der Waals surface area contributed by atoms with Crippen molar-refractivity contribution in [2.75, 3.05) is 19.6 Å². The Morgan fingerprint density at radius 2 is 1.87 bits per heavy atom. The molecular weight excluding hydrogens is 290 g/mol. The van der Waals surface area contributed by atoms with E-state index in [2.05, 4.69) is 25.1 Å². The fourth-order valence-corrected chi connectivity index (χ4v) is 3.25. The summed E-state index contributed by atoms with van der Waals surface area (Å²) in [4.78, 5) is 11.4. The molecule has 0 atom stereocenters. The van der Waals surface area contributed by atoms with Gasteiger partial charge in [-0.25, -0.2) is 14.6 Å². The van der Waals surface area contributed by atoms with Crippen LogP contribution in [0.2, 0.25) is 0 Å². The van der Waals surface area contributed by atoms with Gasteiger partial charge in [-0.3, -0.25) is 4.68 Å². The van der Waals surface area contributed by atoms with Crippen molar-refractivity contribution >= 4 is 11.0 Å². The molecule has 0 spiro atoms. The van der Waals surface area contributed by atoms with E-state index in [1.165, 1.54) is 32.4 Å². The lowest BCUT2D eigenvalue weighted by Crippen LogP contribution is -2.32. The van der Waals surface area contributed by atoms with E-state index >= 15 is 0 Å². The lowest BCUT2D eigenvalue weighted by molar-refractivity contribution is 0.219. The van der Waals surface area contributed by atoms with Crippen molar-refractivity contribution in [3.05, 3.63) is 24.9 Å². The van der Waals surface area contributed by atoms with Gasteiger partial charge in [-0.15, -0.1) is 0 Å². The van der Waals surface area contributed by atoms with E-state index < -0.39 is 0 Å². The van der Waals surface area contributed by atoms with Gasteiger partial charge in [-0.05, 0) is 25.9 Å². The average molecular weight is 311 g/mol. The normalized spacial score (nSPS) is 16.2. The smallest absolute Gasteiger partial charge is 0.161 e. The third-order valence-corrected chi connectivity index (χ3v) is 4.49. The summed E-state index contributed by atoms with van der Waals surface area (Å²) in [6, 6.07) is 0. The molecule has 1 aliphatic heterocycles. The van der Waals surface area contributed by atoms with Crippen molar-refractivity contribution in [1.29, 1.82) is 0 Å². The first-order valence-electron chi connectivity index (χ1n) is 8.19. The van der Waals surface area contributed by atoms with Crippen LogP contribution in [0.5, 0.6) is 0 Å². The van der Waals surface area contributed by atoms with E-state index in [4.69, 9.17) is 0 Å². The molecule has 0 aliphatic carbocycles. The molecule has 7 nitrogen and oxygen atoms in total. The lowest BCUT2D eigenvalue weighted by atomic mass is 10.1. The largest absolute Gasteiger partial charge is 0.301 e. The van der Waals surface area contributed by atoms with E-state index in [9.17, 15) is 0 Å². The number of likely N-dealkylation sites (tertiary alicyclic amines) is 1. The second-order valence-corrected chi connectivity index (χ2v) is 6.13. The Labute approximate surface area is 134 Å². The van der Waals surface area contributed by atoms with Crippen LogP contribution in [-0.2, 0) is 13.6 Å². The minimum absolute atomic E-state index is 0.868. The van der Waals surface area contributed by atoms with Gasteiger partial charge >= 0.3 is 0 Å². The third-order valence-electron chi connectivity index (χ3n) is 4.49. The molecule has 3 aromatic rings. The van der Waals surface area contributed by atoms with Gasteiger partial charge in [-0.2, -0.15) is 10.2 Å². The monoisotopic (exact) mass is 311 g/mol. The fraction of sp³-hybridized carbons (Fsp3) is 0.500. The molecule has 4 rings (SSSR count). The summed E-state index contributed by atoms with van der Waals surface area (Å²) in [6.07, 6.45) is 11.3. The van der Waals surface area contributed by atoms with Crippen LogP contribution >= 0.6 is 0 Å². The molecule has 0 radical (unpaired) electrons. The van der Waals surface area contributed by atoms with E-state index in [0.717, 1.165) is 35.4 Å². The Balaban J connectivity index is 1.59. The zero-order chi connectivity index (χ0) is 15.6. The van der Waals surface area contributed by atoms with Crippen LogP contribution in [0.15, 0.2) is 24.9 Å². The van der Waals surface area contributed by atoms with Gasteiger partial charge in [-0.1, -0.05) is 6.42 Å². The summed E-state index contributed by atoms with van der Waals surface area (Å²) in [5.74, 6) is 0. The predicted molar refractivity (Wildman–Crippen MR) is 87.8 cm³/mol. The molecule has 7 heteroatoms. The molecule has 120 valence electrons. The maximum absolute atomic E-state index is 4.53. The summed E-state index contributed by atoms with van der Waals surface area (Å²) < 4.78 is 3.77. The van der Waals surface area contributed by atoms with Crippen LogP contribution in [0.25, 0.3) is 22.3 Å². The van der Waals surface area contributed by atoms with Crippen LogP contribution in [0.4, 0.5) is 0 Å². The highest BCUT2D eigenvalue weighted by Crippen LogP contribution is 2.24. The zero-order valence-corrected chi connectivity index (χ0v) is 13.4. The molecular formula is C16H21N7. The van der Waals surface area contributed by atoms with Gasteiger partial charge in [0.1, 0.15) is 6.33 Å². The second-order valence-electron chi connectivity index (χ2n) is 6.13. The lowest BCUT2D eigenvalue weighted by Gasteiger charge is -2.26. The molecule has 0 amide bonds. The summed E-state index contributed by atoms with van der Waals surface area (Å²) in [5.41, 5.74) is 2.79. The van der Waals surface area contributed by atoms with Gasteiger partial charge < -0.3 is 4.90 Å². The number of rotatable bonds is 4. The molecule has 0 saturated carbocycles. The van der Waals surface area contributed by atoms with Gasteiger partial charge in [0.2, 0.25) is 0 Å². The highest BCUT2D eigenvalue weighted by Gasteiger charge is 2.14. The minimum Gasteiger partial charge on any atom is -0.301 e. The highest BCUT2D eigenvalue weighted by atomic mass is 15.3. The standard InChI is InChI=1S/C16H21N7/c1-21-11-13(9-19-21)15-14-10-20-23(16(14)18-12-17-15)8-7-22-5-3-2-4-6-22/h9-12H,2-8H2,1H3. The SMILES string of the molecule is Cn1cc(-c2ncnc3c2cnn3CCN2CCCCC2)cn1. The van der Waals surface area contributed by atoms with Crippen LogP contribution in [0.3, 0.4) is 0 Å². The van der Waals surface area contributed by atoms with Crippen molar-refractivity contribution in [2.45, 2.75) is 25.8 Å². The van der Waals surface area contributed by atoms with Crippen LogP contribution < -0.4 is 0 Å². The maximum Gasteiger partial charge on any atom is 0.161 e. The van der Waals surface area contributed by atoms with E-state index in [-0.39, 0.29) is 0 Å². The fourth-order valence-electron chi connectivity index (χ4n) is 3.25. The molecule has 1 aliphatic rings. The predicted octanol–water partition coefficient (Wildman–Crippen LogP) is 1.71. The van der Waals surface area contributed by atoms with Crippen LogP contribution in [0, 0.1) is 0 Å².